The number of benzene rings is 1. The zero-order valence-corrected chi connectivity index (χ0v) is 21.6. The molecule has 1 aromatic carbocycles. The largest absolute Gasteiger partial charge is 0.366 e. The van der Waals surface area contributed by atoms with Gasteiger partial charge in [0, 0.05) is 7.11 Å². The third-order valence-electron chi connectivity index (χ3n) is 5.96. The van der Waals surface area contributed by atoms with E-state index in [1.54, 1.807) is 4.68 Å². The van der Waals surface area contributed by atoms with Gasteiger partial charge in [-0.1, -0.05) is 27.7 Å². The highest BCUT2D eigenvalue weighted by molar-refractivity contribution is 7.90. The highest BCUT2D eigenvalue weighted by Crippen LogP contribution is 2.30. The second-order valence-electron chi connectivity index (χ2n) is 9.55. The first-order valence-electron chi connectivity index (χ1n) is 11.3. The Hall–Kier alpha value is -2.37. The van der Waals surface area contributed by atoms with Gasteiger partial charge < -0.3 is 9.47 Å². The average Bonchev–Trinajstić information content (AvgIpc) is 3.15. The minimum absolute atomic E-state index is 0.0387. The van der Waals surface area contributed by atoms with E-state index in [4.69, 9.17) is 9.47 Å². The number of hydrogen-bond donors (Lipinski definition) is 1. The molecule has 0 saturated carbocycles. The molecular formula is C23H34FN4O5S+. The van der Waals surface area contributed by atoms with Crippen molar-refractivity contribution in [3.8, 4) is 0 Å². The Bertz CT molecular complexity index is 1140. The Balaban J connectivity index is 1.92. The molecule has 0 spiro atoms. The van der Waals surface area contributed by atoms with Crippen LogP contribution in [0.2, 0.25) is 0 Å². The number of ether oxygens (including phenoxy) is 2. The number of nitrogens with zero attached hydrogens (tertiary/aromatic N) is 3. The maximum absolute atomic E-state index is 14.2. The number of nitrogens with one attached hydrogen (secondary N) is 1. The lowest BCUT2D eigenvalue weighted by Crippen LogP contribution is -2.72. The van der Waals surface area contributed by atoms with Crippen molar-refractivity contribution in [2.24, 2.45) is 0 Å². The van der Waals surface area contributed by atoms with Gasteiger partial charge in [-0.25, -0.2) is 9.11 Å². The molecule has 34 heavy (non-hydrogen) atoms. The van der Waals surface area contributed by atoms with Crippen LogP contribution in [0, 0.1) is 5.82 Å². The molecule has 0 atom stereocenters. The molecule has 0 bridgehead atoms. The third-order valence-corrected chi connectivity index (χ3v) is 7.19. The Labute approximate surface area is 200 Å². The van der Waals surface area contributed by atoms with Crippen molar-refractivity contribution in [1.82, 2.24) is 14.6 Å². The van der Waals surface area contributed by atoms with Gasteiger partial charge in [-0.3, -0.25) is 4.79 Å². The van der Waals surface area contributed by atoms with E-state index < -0.39 is 21.7 Å². The number of carbonyl (C=O) groups excluding carboxylic acids is 1. The van der Waals surface area contributed by atoms with Gasteiger partial charge in [0.05, 0.1) is 11.5 Å². The summed E-state index contributed by atoms with van der Waals surface area (Å²) in [7, 11) is -2.75. The summed E-state index contributed by atoms with van der Waals surface area (Å²) < 4.78 is 54.9. The maximum atomic E-state index is 14.2. The molecule has 1 aliphatic heterocycles. The van der Waals surface area contributed by atoms with Crippen molar-refractivity contribution in [1.29, 1.82) is 0 Å². The molecule has 0 unspecified atom stereocenters. The van der Waals surface area contributed by atoms with E-state index >= 15 is 0 Å². The van der Waals surface area contributed by atoms with Crippen molar-refractivity contribution in [3.63, 3.8) is 0 Å². The number of hydrogen-bond acceptors (Lipinski definition) is 6. The van der Waals surface area contributed by atoms with Crippen LogP contribution in [0.15, 0.2) is 23.4 Å². The van der Waals surface area contributed by atoms with Gasteiger partial charge in [0.25, 0.3) is 5.72 Å². The second-order valence-corrected chi connectivity index (χ2v) is 11.2. The van der Waals surface area contributed by atoms with Gasteiger partial charge >= 0.3 is 15.0 Å². The van der Waals surface area contributed by atoms with E-state index in [9.17, 15) is 17.6 Å². The fourth-order valence-electron chi connectivity index (χ4n) is 4.06. The quantitative estimate of drug-likeness (QED) is 0.534. The zero-order valence-electron chi connectivity index (χ0n) is 20.8. The van der Waals surface area contributed by atoms with Crippen LogP contribution in [0.4, 0.5) is 4.39 Å². The van der Waals surface area contributed by atoms with Crippen LogP contribution in [-0.4, -0.2) is 44.5 Å². The van der Waals surface area contributed by atoms with Gasteiger partial charge in [-0.2, -0.15) is 8.42 Å². The monoisotopic (exact) mass is 497 g/mol. The van der Waals surface area contributed by atoms with Gasteiger partial charge in [0.15, 0.2) is 6.20 Å². The summed E-state index contributed by atoms with van der Waals surface area (Å²) in [5, 5.41) is 3.93. The van der Waals surface area contributed by atoms with E-state index in [0.29, 0.717) is 16.7 Å². The molecule has 3 rings (SSSR count). The van der Waals surface area contributed by atoms with Crippen molar-refractivity contribution < 1.29 is 31.8 Å². The van der Waals surface area contributed by atoms with Gasteiger partial charge in [-0.05, 0) is 59.3 Å². The van der Waals surface area contributed by atoms with Crippen molar-refractivity contribution in [2.45, 2.75) is 76.6 Å². The summed E-state index contributed by atoms with van der Waals surface area (Å²) in [6.07, 6.45) is 1.15. The molecule has 1 aromatic heterocycles. The van der Waals surface area contributed by atoms with Gasteiger partial charge in [-0.15, -0.1) is 4.68 Å². The lowest BCUT2D eigenvalue weighted by atomic mass is 9.87. The van der Waals surface area contributed by atoms with E-state index in [-0.39, 0.29) is 48.4 Å². The molecule has 1 N–H and O–H groups in total. The minimum atomic E-state index is -4.26. The molecule has 0 aliphatic carbocycles. The summed E-state index contributed by atoms with van der Waals surface area (Å²) in [5.41, 5.74) is 1.16. The van der Waals surface area contributed by atoms with Crippen LogP contribution in [0.3, 0.4) is 0 Å². The molecule has 2 heterocycles. The minimum Gasteiger partial charge on any atom is -0.366 e. The predicted molar refractivity (Wildman–Crippen MR) is 122 cm³/mol. The molecule has 0 radical (unpaired) electrons. The lowest BCUT2D eigenvalue weighted by Gasteiger charge is -2.36. The number of aromatic nitrogens is 3. The first-order chi connectivity index (χ1) is 15.8. The van der Waals surface area contributed by atoms with Crippen molar-refractivity contribution in [2.75, 3.05) is 20.3 Å². The Morgan fingerprint density at radius 1 is 1.21 bits per heavy atom. The Kier molecular flexibility index (Phi) is 7.49. The van der Waals surface area contributed by atoms with Crippen LogP contribution < -0.4 is 9.40 Å². The second kappa shape index (κ2) is 9.71. The average molecular weight is 498 g/mol. The summed E-state index contributed by atoms with van der Waals surface area (Å²) in [5.74, 6) is -1.17. The number of amides is 1. The summed E-state index contributed by atoms with van der Waals surface area (Å²) in [6, 6.07) is 2.64. The van der Waals surface area contributed by atoms with E-state index in [1.807, 2.05) is 41.5 Å². The third kappa shape index (κ3) is 5.01. The number of rotatable bonds is 9. The smallest absolute Gasteiger partial charge is 0.352 e. The topological polar surface area (TPSA) is 103 Å². The van der Waals surface area contributed by atoms with Gasteiger partial charge in [0.1, 0.15) is 25.1 Å². The highest BCUT2D eigenvalue weighted by atomic mass is 32.2. The van der Waals surface area contributed by atoms with Crippen molar-refractivity contribution >= 4 is 15.9 Å². The number of sulfonamides is 1. The molecule has 1 saturated heterocycles. The molecule has 1 fully saturated rings. The van der Waals surface area contributed by atoms with Gasteiger partial charge in [0.2, 0.25) is 5.91 Å². The first kappa shape index (κ1) is 26.2. The molecule has 1 amide bonds. The predicted octanol–water partition coefficient (Wildman–Crippen LogP) is 2.51. The van der Waals surface area contributed by atoms with Crippen LogP contribution in [0.25, 0.3) is 0 Å². The highest BCUT2D eigenvalue weighted by Gasteiger charge is 2.50. The number of methoxy groups -OCH3 is 1. The number of halogens is 1. The van der Waals surface area contributed by atoms with E-state index in [0.717, 1.165) is 0 Å². The molecule has 2 aromatic rings. The molecular weight excluding hydrogens is 463 g/mol. The Morgan fingerprint density at radius 3 is 2.18 bits per heavy atom. The molecule has 1 aliphatic rings. The normalized spacial score (nSPS) is 15.7. The standard InChI is InChI=1S/C23H33FN4O5S/c1-14(2)18-8-17(24)9-19(15(3)4)20(18)10-21(29)26-34(30,31)22-11-27(28(25-22)16(5)6)23(32-7)12-33-13-23/h8-9,11,14-16H,10,12-13H2,1-7H3/p+1. The summed E-state index contributed by atoms with van der Waals surface area (Å²) >= 11 is 0. The Morgan fingerprint density at radius 2 is 1.76 bits per heavy atom. The fourth-order valence-corrected chi connectivity index (χ4v) is 4.97. The first-order valence-corrected chi connectivity index (χ1v) is 12.8. The van der Waals surface area contributed by atoms with Crippen molar-refractivity contribution in [3.05, 3.63) is 40.8 Å². The van der Waals surface area contributed by atoms with E-state index in [1.165, 1.54) is 30.2 Å². The number of carbonyl (C=O) groups is 1. The van der Waals surface area contributed by atoms with E-state index in [2.05, 4.69) is 9.82 Å². The molecule has 11 heteroatoms. The summed E-state index contributed by atoms with van der Waals surface area (Å²) in [6.45, 7) is 11.8. The molecule has 188 valence electrons. The SMILES string of the molecule is COC1([n+]2cc(S(=O)(=O)NC(=O)Cc3c(C(C)C)cc(F)cc3C(C)C)nn2C(C)C)COC1. The van der Waals surface area contributed by atoms with Crippen LogP contribution >= 0.6 is 0 Å². The van der Waals surface area contributed by atoms with Crippen LogP contribution in [0.5, 0.6) is 0 Å². The molecule has 9 nitrogen and oxygen atoms in total. The zero-order chi connectivity index (χ0) is 25.4. The summed E-state index contributed by atoms with van der Waals surface area (Å²) in [4.78, 5) is 14.4. The maximum Gasteiger partial charge on any atom is 0.352 e. The fraction of sp³-hybridized carbons (Fsp3) is 0.609. The van der Waals surface area contributed by atoms with Crippen LogP contribution in [0.1, 0.15) is 76.1 Å². The van der Waals surface area contributed by atoms with Crippen LogP contribution in [-0.2, 0) is 36.4 Å². The lowest BCUT2D eigenvalue weighted by molar-refractivity contribution is -0.893.